The van der Waals surface area contributed by atoms with Gasteiger partial charge in [-0.2, -0.15) is 0 Å². The molecule has 0 radical (unpaired) electrons. The van der Waals surface area contributed by atoms with Gasteiger partial charge in [-0.05, 0) is 35.3 Å². The third-order valence-corrected chi connectivity index (χ3v) is 12.2. The molecular formula is C40H33N7O5S3. The van der Waals surface area contributed by atoms with Crippen molar-refractivity contribution in [3.05, 3.63) is 160 Å². The van der Waals surface area contributed by atoms with Gasteiger partial charge < -0.3 is 20.6 Å². The zero-order valence-electron chi connectivity index (χ0n) is 29.2. The molecule has 5 heterocycles. The number of oxime groups is 1. The molecule has 15 heteroatoms. The van der Waals surface area contributed by atoms with Gasteiger partial charge in [0.15, 0.2) is 10.8 Å². The summed E-state index contributed by atoms with van der Waals surface area (Å²) in [6.45, 7) is 1.94. The standard InChI is InChI=1S/C40H33N7O5S3/c1-2-52-45-32(30-23-55-39(42-30)44-40(26-12-6-3-7-13-26,27-14-8-4-9-15-27)28-16-10-5-11-17-28)35(48)43-33-36(49)47-34(38(50)51)25(21-54-37(33)47)18-19-29-22-53-31-20-41-24-46(29)31/h3-20,22-24,33,37H,2,21H2,1H3,(H,42,44)(H,43,48)(H,50,51)/b19-18?,45-32-/t33-,37-/m1/s1. The number of hydrogen-bond donors (Lipinski definition) is 3. The van der Waals surface area contributed by atoms with Gasteiger partial charge >= 0.3 is 5.97 Å². The van der Waals surface area contributed by atoms with E-state index in [9.17, 15) is 19.5 Å². The number of nitrogens with zero attached hydrogens (tertiary/aromatic N) is 5. The highest BCUT2D eigenvalue weighted by Crippen LogP contribution is 2.42. The molecule has 3 aromatic carbocycles. The number of rotatable bonds is 13. The summed E-state index contributed by atoms with van der Waals surface area (Å²) in [5.41, 5.74) is 3.47. The number of nitrogens with one attached hydrogen (secondary N) is 2. The van der Waals surface area contributed by atoms with E-state index in [4.69, 9.17) is 9.82 Å². The van der Waals surface area contributed by atoms with Gasteiger partial charge in [0, 0.05) is 16.5 Å². The van der Waals surface area contributed by atoms with Crippen molar-refractivity contribution in [2.24, 2.45) is 5.16 Å². The van der Waals surface area contributed by atoms with E-state index < -0.39 is 34.7 Å². The van der Waals surface area contributed by atoms with E-state index >= 15 is 0 Å². The normalized spacial score (nSPS) is 17.3. The Balaban J connectivity index is 1.05. The number of imidazole rings is 1. The lowest BCUT2D eigenvalue weighted by Gasteiger charge is -2.49. The Bertz CT molecular complexity index is 2360. The van der Waals surface area contributed by atoms with Gasteiger partial charge in [-0.15, -0.1) is 34.4 Å². The van der Waals surface area contributed by atoms with E-state index in [1.807, 2.05) is 70.5 Å². The second kappa shape index (κ2) is 15.4. The van der Waals surface area contributed by atoms with Gasteiger partial charge in [-0.3, -0.25) is 18.9 Å². The third kappa shape index (κ3) is 6.70. The smallest absolute Gasteiger partial charge is 0.352 e. The fourth-order valence-corrected chi connectivity index (χ4v) is 9.63. The molecule has 8 rings (SSSR count). The largest absolute Gasteiger partial charge is 0.477 e. The van der Waals surface area contributed by atoms with E-state index in [2.05, 4.69) is 57.2 Å². The first-order chi connectivity index (χ1) is 26.9. The zero-order chi connectivity index (χ0) is 37.9. The van der Waals surface area contributed by atoms with Crippen molar-refractivity contribution in [2.75, 3.05) is 17.7 Å². The van der Waals surface area contributed by atoms with Crippen molar-refractivity contribution in [1.82, 2.24) is 24.6 Å². The number of carboxylic acids is 1. The van der Waals surface area contributed by atoms with Crippen LogP contribution in [0.15, 0.2) is 137 Å². The lowest BCUT2D eigenvalue weighted by Crippen LogP contribution is -2.71. The van der Waals surface area contributed by atoms with Crippen LogP contribution in [0.4, 0.5) is 5.13 Å². The molecule has 1 saturated heterocycles. The number of carboxylic acid groups (broad SMARTS) is 1. The number of benzene rings is 3. The number of β-lactam (4-membered cyclic amide) rings is 1. The first-order valence-electron chi connectivity index (χ1n) is 17.3. The Hall–Kier alpha value is -6.03. The van der Waals surface area contributed by atoms with E-state index in [0.717, 1.165) is 27.2 Å². The molecule has 2 amide bonds. The maximum atomic E-state index is 13.9. The Morgan fingerprint density at radius 3 is 2.24 bits per heavy atom. The first-order valence-corrected chi connectivity index (χ1v) is 20.1. The van der Waals surface area contributed by atoms with E-state index in [1.54, 1.807) is 30.9 Å². The van der Waals surface area contributed by atoms with E-state index in [0.29, 0.717) is 16.5 Å². The average Bonchev–Trinajstić information content (AvgIpc) is 3.98. The number of hydrogen-bond acceptors (Lipinski definition) is 11. The number of fused-ring (bicyclic) bond motifs is 2. The van der Waals surface area contributed by atoms with Crippen molar-refractivity contribution < 1.29 is 24.3 Å². The molecule has 3 aromatic heterocycles. The summed E-state index contributed by atoms with van der Waals surface area (Å²) in [6, 6.07) is 29.3. The van der Waals surface area contributed by atoms with Crippen LogP contribution in [0.1, 0.15) is 35.0 Å². The number of anilines is 1. The maximum absolute atomic E-state index is 13.9. The molecule has 0 spiro atoms. The summed E-state index contributed by atoms with van der Waals surface area (Å²) < 4.78 is 1.90. The third-order valence-electron chi connectivity index (χ3n) is 9.29. The number of carbonyl (C=O) groups is 3. The molecule has 0 saturated carbocycles. The van der Waals surface area contributed by atoms with Crippen LogP contribution < -0.4 is 10.6 Å². The van der Waals surface area contributed by atoms with Crippen LogP contribution in [-0.2, 0) is 24.8 Å². The Morgan fingerprint density at radius 2 is 1.62 bits per heavy atom. The lowest BCUT2D eigenvalue weighted by molar-refractivity contribution is -0.150. The topological polar surface area (TPSA) is 151 Å². The van der Waals surface area contributed by atoms with Gasteiger partial charge in [-0.25, -0.2) is 14.8 Å². The van der Waals surface area contributed by atoms with Gasteiger partial charge in [0.25, 0.3) is 11.8 Å². The Kier molecular flexibility index (Phi) is 10.1. The highest BCUT2D eigenvalue weighted by atomic mass is 32.2. The summed E-state index contributed by atoms with van der Waals surface area (Å²) in [5.74, 6) is -2.10. The minimum Gasteiger partial charge on any atom is -0.477 e. The highest BCUT2D eigenvalue weighted by molar-refractivity contribution is 8.00. The minimum absolute atomic E-state index is 0.107. The van der Waals surface area contributed by atoms with Crippen molar-refractivity contribution >= 4 is 74.0 Å². The summed E-state index contributed by atoms with van der Waals surface area (Å²) in [5, 5.41) is 24.4. The monoisotopic (exact) mass is 787 g/mol. The number of aromatic nitrogens is 3. The van der Waals surface area contributed by atoms with Crippen LogP contribution in [0.2, 0.25) is 0 Å². The molecule has 0 unspecified atom stereocenters. The number of aliphatic carboxylic acids is 1. The fourth-order valence-electron chi connectivity index (χ4n) is 6.74. The quantitative estimate of drug-likeness (QED) is 0.0520. The van der Waals surface area contributed by atoms with Crippen LogP contribution in [0, 0.1) is 0 Å². The molecule has 1 fully saturated rings. The highest BCUT2D eigenvalue weighted by Gasteiger charge is 2.54. The fraction of sp³-hybridized carbons (Fsp3) is 0.150. The predicted octanol–water partition coefficient (Wildman–Crippen LogP) is 6.45. The van der Waals surface area contributed by atoms with Crippen molar-refractivity contribution in [3.63, 3.8) is 0 Å². The predicted molar refractivity (Wildman–Crippen MR) is 215 cm³/mol. The average molecular weight is 788 g/mol. The molecule has 2 atom stereocenters. The zero-order valence-corrected chi connectivity index (χ0v) is 31.7. The molecule has 6 aromatic rings. The number of allylic oxidation sites excluding steroid dienone is 1. The molecule has 0 aliphatic carbocycles. The van der Waals surface area contributed by atoms with Crippen molar-refractivity contribution in [3.8, 4) is 0 Å². The van der Waals surface area contributed by atoms with E-state index in [-0.39, 0.29) is 23.7 Å². The molecule has 3 N–H and O–H groups in total. The van der Waals surface area contributed by atoms with Crippen LogP contribution in [0.3, 0.4) is 0 Å². The SMILES string of the molecule is CCO/N=C(\C(=O)N[C@@H]1C(=O)N2C(C(=O)O)=C(C=Cc3csc4cncn34)CS[C@H]12)c1csc(NC(c2ccccc2)(c2ccccc2)c2ccccc2)n1. The van der Waals surface area contributed by atoms with Crippen LogP contribution in [0.25, 0.3) is 10.9 Å². The minimum atomic E-state index is -1.22. The number of thioether (sulfide) groups is 1. The van der Waals surface area contributed by atoms with Gasteiger partial charge in [0.2, 0.25) is 0 Å². The van der Waals surface area contributed by atoms with Gasteiger partial charge in [0.1, 0.15) is 46.1 Å². The Morgan fingerprint density at radius 1 is 0.964 bits per heavy atom. The van der Waals surface area contributed by atoms with E-state index in [1.165, 1.54) is 39.3 Å². The summed E-state index contributed by atoms with van der Waals surface area (Å²) in [4.78, 5) is 56.6. The molecule has 2 aliphatic rings. The van der Waals surface area contributed by atoms with Crippen LogP contribution >= 0.6 is 34.4 Å². The molecular weight excluding hydrogens is 755 g/mol. The molecule has 55 heavy (non-hydrogen) atoms. The summed E-state index contributed by atoms with van der Waals surface area (Å²) >= 11 is 4.20. The van der Waals surface area contributed by atoms with Crippen molar-refractivity contribution in [2.45, 2.75) is 23.9 Å². The van der Waals surface area contributed by atoms with Crippen LogP contribution in [0.5, 0.6) is 0 Å². The lowest BCUT2D eigenvalue weighted by atomic mass is 9.77. The molecule has 0 bridgehead atoms. The van der Waals surface area contributed by atoms with Crippen LogP contribution in [-0.4, -0.2) is 71.6 Å². The second-order valence-electron chi connectivity index (χ2n) is 12.5. The second-order valence-corrected chi connectivity index (χ2v) is 15.4. The van der Waals surface area contributed by atoms with Gasteiger partial charge in [-0.1, -0.05) is 102 Å². The Labute approximate surface area is 327 Å². The van der Waals surface area contributed by atoms with Gasteiger partial charge in [0.05, 0.1) is 11.9 Å². The first kappa shape index (κ1) is 36.0. The molecule has 276 valence electrons. The summed E-state index contributed by atoms with van der Waals surface area (Å²) in [6.07, 6.45) is 6.97. The number of amides is 2. The van der Waals surface area contributed by atoms with Crippen molar-refractivity contribution in [1.29, 1.82) is 0 Å². The molecule has 2 aliphatic heterocycles. The maximum Gasteiger partial charge on any atom is 0.352 e. The number of carbonyl (C=O) groups excluding carboxylic acids is 2. The summed E-state index contributed by atoms with van der Waals surface area (Å²) in [7, 11) is 0. The number of thiazole rings is 2. The molecule has 12 nitrogen and oxygen atoms in total.